The van der Waals surface area contributed by atoms with Crippen molar-refractivity contribution in [1.29, 1.82) is 0 Å². The van der Waals surface area contributed by atoms with Crippen LogP contribution in [0, 0.1) is 0 Å². The van der Waals surface area contributed by atoms with E-state index in [9.17, 15) is 0 Å². The zero-order valence-corrected chi connectivity index (χ0v) is 14.9. The smallest absolute Gasteiger partial charge is 0.161 e. The van der Waals surface area contributed by atoms with Gasteiger partial charge in [-0.05, 0) is 55.6 Å². The molecule has 0 bridgehead atoms. The highest BCUT2D eigenvalue weighted by Gasteiger charge is 2.19. The molecule has 2 aromatic rings. The van der Waals surface area contributed by atoms with Gasteiger partial charge < -0.3 is 9.47 Å². The summed E-state index contributed by atoms with van der Waals surface area (Å²) in [5.74, 6) is 7.09. The number of thiophene rings is 1. The maximum Gasteiger partial charge on any atom is 0.161 e. The molecule has 108 valence electrons. The lowest BCUT2D eigenvalue weighted by atomic mass is 10.0. The van der Waals surface area contributed by atoms with Crippen LogP contribution in [0.15, 0.2) is 31.8 Å². The minimum Gasteiger partial charge on any atom is -0.493 e. The van der Waals surface area contributed by atoms with Gasteiger partial charge in [-0.1, -0.05) is 6.07 Å². The van der Waals surface area contributed by atoms with Crippen LogP contribution in [-0.4, -0.2) is 14.2 Å². The van der Waals surface area contributed by atoms with Crippen LogP contribution >= 0.6 is 43.2 Å². The number of hydrazine groups is 1. The molecule has 0 saturated heterocycles. The molecule has 0 radical (unpaired) electrons. The first-order valence-electron chi connectivity index (χ1n) is 5.73. The van der Waals surface area contributed by atoms with Crippen LogP contribution in [-0.2, 0) is 0 Å². The number of hydrogen-bond donors (Lipinski definition) is 2. The van der Waals surface area contributed by atoms with E-state index in [2.05, 4.69) is 37.3 Å². The number of halogens is 2. The Morgan fingerprint density at radius 1 is 1.15 bits per heavy atom. The second-order valence-electron chi connectivity index (χ2n) is 3.99. The highest BCUT2D eigenvalue weighted by molar-refractivity contribution is 9.12. The first-order valence-corrected chi connectivity index (χ1v) is 8.13. The zero-order chi connectivity index (χ0) is 14.7. The maximum absolute atomic E-state index is 5.72. The Morgan fingerprint density at radius 3 is 2.35 bits per heavy atom. The SMILES string of the molecule is COc1ccc(C(NN)c2cc(Br)sc2Br)cc1OC. The zero-order valence-electron chi connectivity index (χ0n) is 10.9. The Morgan fingerprint density at radius 2 is 1.85 bits per heavy atom. The molecule has 0 spiro atoms. The Hall–Kier alpha value is -0.600. The highest BCUT2D eigenvalue weighted by Crippen LogP contribution is 2.39. The van der Waals surface area contributed by atoms with E-state index in [0.29, 0.717) is 11.5 Å². The quantitative estimate of drug-likeness (QED) is 0.568. The Kier molecular flexibility index (Phi) is 5.45. The molecule has 0 amide bonds. The average molecular weight is 422 g/mol. The van der Waals surface area contributed by atoms with Crippen molar-refractivity contribution in [2.75, 3.05) is 14.2 Å². The van der Waals surface area contributed by atoms with Gasteiger partial charge in [0.1, 0.15) is 0 Å². The van der Waals surface area contributed by atoms with Crippen molar-refractivity contribution in [3.05, 3.63) is 43.0 Å². The molecule has 20 heavy (non-hydrogen) atoms. The molecule has 0 aliphatic carbocycles. The molecule has 1 aromatic heterocycles. The number of benzene rings is 1. The first kappa shape index (κ1) is 15.8. The molecule has 1 atom stereocenters. The van der Waals surface area contributed by atoms with E-state index in [0.717, 1.165) is 18.7 Å². The predicted molar refractivity (Wildman–Crippen MR) is 88.4 cm³/mol. The van der Waals surface area contributed by atoms with Crippen LogP contribution < -0.4 is 20.7 Å². The summed E-state index contributed by atoms with van der Waals surface area (Å²) >= 11 is 8.64. The van der Waals surface area contributed by atoms with Gasteiger partial charge in [-0.25, -0.2) is 5.43 Å². The summed E-state index contributed by atoms with van der Waals surface area (Å²) in [5.41, 5.74) is 4.90. The lowest BCUT2D eigenvalue weighted by molar-refractivity contribution is 0.354. The van der Waals surface area contributed by atoms with Crippen LogP contribution in [0.5, 0.6) is 11.5 Å². The summed E-state index contributed by atoms with van der Waals surface area (Å²) in [4.78, 5) is 0. The van der Waals surface area contributed by atoms with Crippen molar-refractivity contribution in [3.8, 4) is 11.5 Å². The summed E-state index contributed by atoms with van der Waals surface area (Å²) in [6.07, 6.45) is 0. The molecule has 7 heteroatoms. The average Bonchev–Trinajstić information content (AvgIpc) is 2.78. The lowest BCUT2D eigenvalue weighted by Gasteiger charge is -2.18. The Balaban J connectivity index is 2.44. The molecule has 0 aliphatic rings. The molecule has 1 heterocycles. The topological polar surface area (TPSA) is 56.5 Å². The fraction of sp³-hybridized carbons (Fsp3) is 0.231. The van der Waals surface area contributed by atoms with Gasteiger partial charge in [-0.3, -0.25) is 5.84 Å². The van der Waals surface area contributed by atoms with Gasteiger partial charge in [0.05, 0.1) is 27.8 Å². The number of ether oxygens (including phenoxy) is 2. The van der Waals surface area contributed by atoms with Crippen molar-refractivity contribution in [1.82, 2.24) is 5.43 Å². The van der Waals surface area contributed by atoms with E-state index in [1.54, 1.807) is 25.6 Å². The Bertz CT molecular complexity index is 604. The molecule has 1 unspecified atom stereocenters. The van der Waals surface area contributed by atoms with E-state index in [-0.39, 0.29) is 6.04 Å². The number of hydrogen-bond acceptors (Lipinski definition) is 5. The van der Waals surface area contributed by atoms with Crippen molar-refractivity contribution in [2.45, 2.75) is 6.04 Å². The molecular formula is C13H14Br2N2O2S. The third kappa shape index (κ3) is 3.17. The fourth-order valence-corrected chi connectivity index (χ4v) is 4.85. The normalized spacial score (nSPS) is 12.2. The Labute approximate surface area is 138 Å². The van der Waals surface area contributed by atoms with E-state index in [1.165, 1.54) is 0 Å². The van der Waals surface area contributed by atoms with Gasteiger partial charge >= 0.3 is 0 Å². The molecule has 3 N–H and O–H groups in total. The van der Waals surface area contributed by atoms with Crippen LogP contribution in [0.4, 0.5) is 0 Å². The van der Waals surface area contributed by atoms with Crippen LogP contribution in [0.25, 0.3) is 0 Å². The molecule has 1 aromatic carbocycles. The largest absolute Gasteiger partial charge is 0.493 e. The maximum atomic E-state index is 5.72. The van der Waals surface area contributed by atoms with Crippen molar-refractivity contribution >= 4 is 43.2 Å². The van der Waals surface area contributed by atoms with Crippen LogP contribution in [0.2, 0.25) is 0 Å². The number of rotatable bonds is 5. The van der Waals surface area contributed by atoms with Gasteiger partial charge in [0.25, 0.3) is 0 Å². The van der Waals surface area contributed by atoms with Crippen LogP contribution in [0.1, 0.15) is 17.2 Å². The van der Waals surface area contributed by atoms with Gasteiger partial charge in [-0.15, -0.1) is 11.3 Å². The summed E-state index contributed by atoms with van der Waals surface area (Å²) in [5, 5.41) is 0. The summed E-state index contributed by atoms with van der Waals surface area (Å²) in [6, 6.07) is 7.65. The third-order valence-corrected chi connectivity index (χ3v) is 5.29. The van der Waals surface area contributed by atoms with E-state index in [1.807, 2.05) is 24.3 Å². The van der Waals surface area contributed by atoms with Crippen molar-refractivity contribution < 1.29 is 9.47 Å². The van der Waals surface area contributed by atoms with Crippen molar-refractivity contribution in [3.63, 3.8) is 0 Å². The van der Waals surface area contributed by atoms with Gasteiger partial charge in [0.2, 0.25) is 0 Å². The minimum absolute atomic E-state index is 0.133. The van der Waals surface area contributed by atoms with Gasteiger partial charge in [-0.2, -0.15) is 0 Å². The molecule has 0 fully saturated rings. The molecule has 2 rings (SSSR count). The second-order valence-corrected chi connectivity index (χ2v) is 7.74. The number of nitrogens with two attached hydrogens (primary N) is 1. The highest BCUT2D eigenvalue weighted by atomic mass is 79.9. The predicted octanol–water partition coefficient (Wildman–Crippen LogP) is 3.84. The van der Waals surface area contributed by atoms with Gasteiger partial charge in [0, 0.05) is 5.56 Å². The fourth-order valence-electron chi connectivity index (χ4n) is 1.95. The summed E-state index contributed by atoms with van der Waals surface area (Å²) in [6.45, 7) is 0. The molecular weight excluding hydrogens is 408 g/mol. The van der Waals surface area contributed by atoms with E-state index >= 15 is 0 Å². The summed E-state index contributed by atoms with van der Waals surface area (Å²) in [7, 11) is 3.23. The summed E-state index contributed by atoms with van der Waals surface area (Å²) < 4.78 is 12.6. The molecule has 0 saturated carbocycles. The van der Waals surface area contributed by atoms with Gasteiger partial charge in [0.15, 0.2) is 11.5 Å². The van der Waals surface area contributed by atoms with Crippen LogP contribution in [0.3, 0.4) is 0 Å². The second kappa shape index (κ2) is 6.91. The number of methoxy groups -OCH3 is 2. The standard InChI is InChI=1S/C13H14Br2N2O2S/c1-18-9-4-3-7(5-10(9)19-2)12(17-16)8-6-11(14)20-13(8)15/h3-6,12,17H,16H2,1-2H3. The molecule has 0 aliphatic heterocycles. The lowest BCUT2D eigenvalue weighted by Crippen LogP contribution is -2.28. The number of nitrogens with one attached hydrogen (secondary N) is 1. The van der Waals surface area contributed by atoms with E-state index < -0.39 is 0 Å². The van der Waals surface area contributed by atoms with Crippen molar-refractivity contribution in [2.24, 2.45) is 5.84 Å². The third-order valence-electron chi connectivity index (χ3n) is 2.90. The minimum atomic E-state index is -0.133. The van der Waals surface area contributed by atoms with E-state index in [4.69, 9.17) is 15.3 Å². The molecule has 4 nitrogen and oxygen atoms in total. The monoisotopic (exact) mass is 420 g/mol. The first-order chi connectivity index (χ1) is 9.60.